The van der Waals surface area contributed by atoms with Crippen LogP contribution in [0.15, 0.2) is 42.5 Å². The molecule has 5 rings (SSSR count). The Kier molecular flexibility index (Phi) is 6.28. The third kappa shape index (κ3) is 4.53. The van der Waals surface area contributed by atoms with E-state index in [0.717, 1.165) is 16.8 Å². The van der Waals surface area contributed by atoms with Crippen LogP contribution >= 0.6 is 0 Å². The third-order valence-electron chi connectivity index (χ3n) is 6.86. The Labute approximate surface area is 202 Å². The number of nitrogens with one attached hydrogen (secondary N) is 2. The van der Waals surface area contributed by atoms with Crippen molar-refractivity contribution in [3.05, 3.63) is 64.7 Å². The van der Waals surface area contributed by atoms with Crippen LogP contribution in [0.4, 0.5) is 5.69 Å². The molecule has 0 radical (unpaired) electrons. The van der Waals surface area contributed by atoms with E-state index in [-0.39, 0.29) is 18.2 Å². The summed E-state index contributed by atoms with van der Waals surface area (Å²) in [6.45, 7) is 2.53. The number of amides is 3. The van der Waals surface area contributed by atoms with E-state index < -0.39 is 17.9 Å². The Morgan fingerprint density at radius 2 is 1.80 bits per heavy atom. The van der Waals surface area contributed by atoms with Crippen molar-refractivity contribution in [2.24, 2.45) is 0 Å². The minimum Gasteiger partial charge on any atom is -0.381 e. The van der Waals surface area contributed by atoms with Gasteiger partial charge in [-0.1, -0.05) is 30.3 Å². The molecule has 3 amide bonds. The fourth-order valence-electron chi connectivity index (χ4n) is 4.85. The van der Waals surface area contributed by atoms with E-state index in [1.807, 2.05) is 18.2 Å². The molecule has 2 aromatic carbocycles. The number of benzene rings is 2. The van der Waals surface area contributed by atoms with Crippen molar-refractivity contribution in [3.63, 3.8) is 0 Å². The number of morpholine rings is 1. The summed E-state index contributed by atoms with van der Waals surface area (Å²) < 4.78 is 5.28. The summed E-state index contributed by atoms with van der Waals surface area (Å²) >= 11 is 0. The van der Waals surface area contributed by atoms with E-state index in [1.54, 1.807) is 29.2 Å². The van der Waals surface area contributed by atoms with Crippen molar-refractivity contribution >= 4 is 23.4 Å². The van der Waals surface area contributed by atoms with Crippen LogP contribution in [-0.4, -0.2) is 70.1 Å². The maximum atomic E-state index is 13.0. The van der Waals surface area contributed by atoms with E-state index in [1.165, 1.54) is 4.90 Å². The highest BCUT2D eigenvalue weighted by Crippen LogP contribution is 2.32. The predicted octanol–water partition coefficient (Wildman–Crippen LogP) is 0.487. The highest BCUT2D eigenvalue weighted by molar-refractivity contribution is 6.06. The van der Waals surface area contributed by atoms with Gasteiger partial charge in [0.05, 0.1) is 13.2 Å². The molecule has 1 unspecified atom stereocenters. The molecule has 0 saturated carbocycles. The van der Waals surface area contributed by atoms with Crippen molar-refractivity contribution in [1.82, 2.24) is 15.1 Å². The van der Waals surface area contributed by atoms with Gasteiger partial charge in [0.2, 0.25) is 11.8 Å². The van der Waals surface area contributed by atoms with Crippen molar-refractivity contribution in [2.45, 2.75) is 37.9 Å². The van der Waals surface area contributed by atoms with Crippen LogP contribution in [0.25, 0.3) is 0 Å². The first-order valence-corrected chi connectivity index (χ1v) is 11.7. The maximum Gasteiger partial charge on any atom is 0.255 e. The largest absolute Gasteiger partial charge is 0.381 e. The number of nitrogens with zero attached hydrogens (tertiary/aromatic N) is 2. The highest BCUT2D eigenvalue weighted by atomic mass is 16.5. The van der Waals surface area contributed by atoms with Gasteiger partial charge in [-0.15, -0.1) is 0 Å². The first kappa shape index (κ1) is 23.4. The number of hydrogen-bond donors (Lipinski definition) is 4. The number of carbonyl (C=O) groups is 3. The second-order valence-electron chi connectivity index (χ2n) is 9.02. The van der Waals surface area contributed by atoms with E-state index in [2.05, 4.69) is 10.6 Å². The summed E-state index contributed by atoms with van der Waals surface area (Å²) in [7, 11) is 0. The van der Waals surface area contributed by atoms with Crippen LogP contribution in [0.2, 0.25) is 0 Å². The van der Waals surface area contributed by atoms with Gasteiger partial charge in [0.25, 0.3) is 11.8 Å². The number of rotatable bonds is 6. The molecule has 1 atom stereocenters. The topological polar surface area (TPSA) is 131 Å². The van der Waals surface area contributed by atoms with Crippen molar-refractivity contribution < 1.29 is 29.3 Å². The van der Waals surface area contributed by atoms with Gasteiger partial charge in [-0.05, 0) is 24.1 Å². The highest BCUT2D eigenvalue weighted by Gasteiger charge is 2.40. The zero-order valence-electron chi connectivity index (χ0n) is 19.2. The summed E-state index contributed by atoms with van der Waals surface area (Å²) in [5, 5.41) is 26.9. The second kappa shape index (κ2) is 9.38. The summed E-state index contributed by atoms with van der Waals surface area (Å²) in [6, 6.07) is 11.8. The van der Waals surface area contributed by atoms with Crippen molar-refractivity contribution in [1.29, 1.82) is 0 Å². The number of aliphatic hydroxyl groups is 2. The van der Waals surface area contributed by atoms with Crippen LogP contribution in [0.3, 0.4) is 0 Å². The van der Waals surface area contributed by atoms with Gasteiger partial charge < -0.3 is 25.2 Å². The number of anilines is 1. The summed E-state index contributed by atoms with van der Waals surface area (Å²) in [5.41, 5.74) is 3.47. The Hall–Kier alpha value is -3.31. The fourth-order valence-corrected chi connectivity index (χ4v) is 4.85. The molecule has 35 heavy (non-hydrogen) atoms. The van der Waals surface area contributed by atoms with Crippen molar-refractivity contribution in [2.75, 3.05) is 31.6 Å². The molecule has 2 saturated heterocycles. The third-order valence-corrected chi connectivity index (χ3v) is 6.86. The minimum atomic E-state index is -2.06. The molecule has 0 spiro atoms. The monoisotopic (exact) mass is 480 g/mol. The summed E-state index contributed by atoms with van der Waals surface area (Å²) in [4.78, 5) is 39.9. The SMILES string of the molecule is O=C1CCC(N2Cc3c(NCc4ccc(C(O)(O)N5CCOCC5)cc4)cccc3C2=O)C(=O)N1. The molecular weight excluding hydrogens is 452 g/mol. The Bertz CT molecular complexity index is 1140. The second-order valence-corrected chi connectivity index (χ2v) is 9.02. The molecule has 0 aliphatic carbocycles. The normalized spacial score (nSPS) is 21.1. The van der Waals surface area contributed by atoms with Crippen LogP contribution in [-0.2, 0) is 33.3 Å². The van der Waals surface area contributed by atoms with Gasteiger partial charge in [0, 0.05) is 55.0 Å². The molecule has 3 aliphatic heterocycles. The summed E-state index contributed by atoms with van der Waals surface area (Å²) in [6.07, 6.45) is 0.535. The Morgan fingerprint density at radius 1 is 1.06 bits per heavy atom. The number of carbonyl (C=O) groups excluding carboxylic acids is 3. The Morgan fingerprint density at radius 3 is 2.51 bits per heavy atom. The van der Waals surface area contributed by atoms with Crippen LogP contribution in [0.5, 0.6) is 0 Å². The first-order chi connectivity index (χ1) is 16.8. The lowest BCUT2D eigenvalue weighted by Gasteiger charge is -2.37. The lowest BCUT2D eigenvalue weighted by atomic mass is 10.0. The summed E-state index contributed by atoms with van der Waals surface area (Å²) in [5.74, 6) is -3.02. The minimum absolute atomic E-state index is 0.214. The van der Waals surface area contributed by atoms with E-state index in [0.29, 0.717) is 56.9 Å². The van der Waals surface area contributed by atoms with Crippen LogP contribution in [0, 0.1) is 0 Å². The number of fused-ring (bicyclic) bond motifs is 1. The number of ether oxygens (including phenoxy) is 1. The first-order valence-electron chi connectivity index (χ1n) is 11.7. The average Bonchev–Trinajstić information content (AvgIpc) is 3.20. The number of hydrogen-bond acceptors (Lipinski definition) is 8. The van der Waals surface area contributed by atoms with E-state index in [9.17, 15) is 24.6 Å². The molecule has 10 heteroatoms. The van der Waals surface area contributed by atoms with Crippen LogP contribution in [0.1, 0.15) is 39.9 Å². The molecule has 0 aromatic heterocycles. The smallest absolute Gasteiger partial charge is 0.255 e. The van der Waals surface area contributed by atoms with Gasteiger partial charge in [-0.25, -0.2) is 4.90 Å². The quantitative estimate of drug-likeness (QED) is 0.347. The zero-order chi connectivity index (χ0) is 24.6. The molecule has 2 aromatic rings. The predicted molar refractivity (Wildman–Crippen MR) is 125 cm³/mol. The van der Waals surface area contributed by atoms with Crippen LogP contribution < -0.4 is 10.6 Å². The van der Waals surface area contributed by atoms with Gasteiger partial charge in [-0.2, -0.15) is 0 Å². The van der Waals surface area contributed by atoms with Gasteiger partial charge in [0.15, 0.2) is 0 Å². The lowest BCUT2D eigenvalue weighted by molar-refractivity contribution is -0.286. The molecule has 10 nitrogen and oxygen atoms in total. The van der Waals surface area contributed by atoms with Gasteiger partial charge >= 0.3 is 0 Å². The molecular formula is C25H28N4O6. The molecule has 4 N–H and O–H groups in total. The molecule has 3 aliphatic rings. The fraction of sp³-hybridized carbons (Fsp3) is 0.400. The van der Waals surface area contributed by atoms with Crippen molar-refractivity contribution in [3.8, 4) is 0 Å². The Balaban J connectivity index is 1.26. The van der Waals surface area contributed by atoms with Gasteiger partial charge in [-0.3, -0.25) is 19.7 Å². The molecule has 184 valence electrons. The molecule has 2 fully saturated rings. The number of imide groups is 1. The standard InChI is InChI=1S/C25H28N4O6/c30-22-9-8-21(23(31)27-22)29-15-19-18(24(29)32)2-1-3-20(19)26-14-16-4-6-17(7-5-16)25(33,34)28-10-12-35-13-11-28/h1-7,21,26,33-34H,8-15H2,(H,27,30,31). The maximum absolute atomic E-state index is 13.0. The van der Waals surface area contributed by atoms with Gasteiger partial charge in [0.1, 0.15) is 6.04 Å². The lowest BCUT2D eigenvalue weighted by Crippen LogP contribution is -2.52. The van der Waals surface area contributed by atoms with E-state index >= 15 is 0 Å². The molecule has 0 bridgehead atoms. The molecule has 3 heterocycles. The van der Waals surface area contributed by atoms with E-state index in [4.69, 9.17) is 4.74 Å². The average molecular weight is 481 g/mol. The zero-order valence-corrected chi connectivity index (χ0v) is 19.2. The number of piperidine rings is 1.